The fourth-order valence-electron chi connectivity index (χ4n) is 5.68. The van der Waals surface area contributed by atoms with Gasteiger partial charge in [0.05, 0.1) is 5.75 Å². The van der Waals surface area contributed by atoms with Gasteiger partial charge < -0.3 is 5.11 Å². The molecule has 228 valence electrons. The van der Waals surface area contributed by atoms with Crippen LogP contribution in [0.25, 0.3) is 10.8 Å². The first kappa shape index (κ1) is 31.5. The van der Waals surface area contributed by atoms with Gasteiger partial charge >= 0.3 is 199 Å². The second-order valence-electron chi connectivity index (χ2n) is 10.4. The summed E-state index contributed by atoms with van der Waals surface area (Å²) in [7, 11) is -3.74. The Balaban J connectivity index is 1.62. The molecule has 1 aliphatic rings. The van der Waals surface area contributed by atoms with Gasteiger partial charge in [0.15, 0.2) is 9.84 Å². The van der Waals surface area contributed by atoms with Gasteiger partial charge in [0, 0.05) is 0 Å². The van der Waals surface area contributed by atoms with Crippen molar-refractivity contribution in [3.05, 3.63) is 89.9 Å². The maximum absolute atomic E-state index is 14.6. The second kappa shape index (κ2) is 13.0. The van der Waals surface area contributed by atoms with Crippen molar-refractivity contribution in [1.29, 1.82) is 0 Å². The predicted molar refractivity (Wildman–Crippen MR) is 165 cm³/mol. The van der Waals surface area contributed by atoms with Crippen molar-refractivity contribution < 1.29 is 32.2 Å². The number of carbonyl (C=O) groups is 2. The number of rotatable bonds is 10. The molecule has 0 aliphatic carbocycles. The van der Waals surface area contributed by atoms with Gasteiger partial charge in [0.1, 0.15) is 0 Å². The normalized spacial score (nSPS) is 17.4. The van der Waals surface area contributed by atoms with Crippen molar-refractivity contribution in [1.82, 2.24) is 9.88 Å². The van der Waals surface area contributed by atoms with Crippen LogP contribution in [0.15, 0.2) is 77.8 Å². The summed E-state index contributed by atoms with van der Waals surface area (Å²) in [5, 5.41) is 15.2. The molecule has 3 aromatic carbocycles. The number of ether oxygens (including phenoxy) is 1. The number of fused-ring (bicyclic) bond motifs is 1. The Bertz CT molecular complexity index is 1840. The molecular weight excluding hydrogens is 648 g/mol. The van der Waals surface area contributed by atoms with Crippen LogP contribution in [0.3, 0.4) is 0 Å². The summed E-state index contributed by atoms with van der Waals surface area (Å²) >= 11 is 2.42. The Morgan fingerprint density at radius 2 is 1.91 bits per heavy atom. The Morgan fingerprint density at radius 1 is 1.14 bits per heavy atom. The molecule has 0 bridgehead atoms. The molecule has 5 rings (SSSR count). The molecule has 1 aliphatic heterocycles. The number of halogens is 1. The number of pyridine rings is 1. The van der Waals surface area contributed by atoms with E-state index in [9.17, 15) is 27.5 Å². The molecule has 2 heterocycles. The summed E-state index contributed by atoms with van der Waals surface area (Å²) < 4.78 is 47.0. The standard InChI is InChI=1S/C32H31AsFN3O6S/c1-3-43-26-18-20(9-12-25(26)34)28(36-21-10-11-22-19(17-21)13-15-35-30(22)33)31(38)37-16-14-24(32(39)40)29(37)23-7-5-6-8-27(23)44(41,42)4-2/h5-13,15,17-18,24,28-29,36H,3-4,14,16H2,1-2H3,(H,39,40)/t24?,28-,29?/m1/s1. The van der Waals surface area contributed by atoms with E-state index in [4.69, 9.17) is 4.74 Å². The third kappa shape index (κ3) is 6.16. The molecule has 2 radical (unpaired) electrons. The molecule has 0 saturated carbocycles. The van der Waals surface area contributed by atoms with Crippen LogP contribution in [0, 0.1) is 11.7 Å². The van der Waals surface area contributed by atoms with E-state index in [1.165, 1.54) is 36.1 Å². The van der Waals surface area contributed by atoms with Crippen molar-refractivity contribution in [3.8, 4) is 5.75 Å². The van der Waals surface area contributed by atoms with Crippen LogP contribution in [0.2, 0.25) is 0 Å². The van der Waals surface area contributed by atoms with E-state index >= 15 is 0 Å². The van der Waals surface area contributed by atoms with Crippen molar-refractivity contribution in [2.45, 2.75) is 37.2 Å². The first-order valence-electron chi connectivity index (χ1n) is 14.2. The van der Waals surface area contributed by atoms with E-state index in [-0.39, 0.29) is 41.5 Å². The Kier molecular flexibility index (Phi) is 9.27. The van der Waals surface area contributed by atoms with Crippen LogP contribution >= 0.6 is 0 Å². The van der Waals surface area contributed by atoms with Gasteiger partial charge in [-0.1, -0.05) is 19.1 Å². The summed E-state index contributed by atoms with van der Waals surface area (Å²) in [6, 6.07) is 15.7. The molecule has 0 spiro atoms. The molecule has 12 heteroatoms. The average Bonchev–Trinajstić information content (AvgIpc) is 3.47. The van der Waals surface area contributed by atoms with Crippen molar-refractivity contribution >= 4 is 59.5 Å². The van der Waals surface area contributed by atoms with E-state index in [0.29, 0.717) is 11.3 Å². The number of carboxylic acid groups (broad SMARTS) is 1. The van der Waals surface area contributed by atoms with E-state index in [1.54, 1.807) is 37.4 Å². The molecule has 9 nitrogen and oxygen atoms in total. The molecule has 1 fully saturated rings. The fourth-order valence-corrected chi connectivity index (χ4v) is 7.40. The number of carbonyl (C=O) groups excluding carboxylic acids is 1. The number of anilines is 1. The van der Waals surface area contributed by atoms with Crippen LogP contribution in [-0.4, -0.2) is 71.0 Å². The van der Waals surface area contributed by atoms with Gasteiger partial charge in [0.25, 0.3) is 0 Å². The molecular formula is C32H31AsFN3O6S. The van der Waals surface area contributed by atoms with Gasteiger partial charge in [-0.15, -0.1) is 0 Å². The second-order valence-corrected chi connectivity index (χ2v) is 13.6. The van der Waals surface area contributed by atoms with E-state index < -0.39 is 45.5 Å². The number of benzene rings is 3. The number of hydrogen-bond acceptors (Lipinski definition) is 7. The molecule has 2 unspecified atom stereocenters. The number of nitrogens with one attached hydrogen (secondary N) is 1. The first-order valence-corrected chi connectivity index (χ1v) is 16.8. The van der Waals surface area contributed by atoms with Crippen LogP contribution in [0.5, 0.6) is 5.75 Å². The van der Waals surface area contributed by atoms with Gasteiger partial charge in [0.2, 0.25) is 0 Å². The zero-order valence-electron chi connectivity index (χ0n) is 24.1. The third-order valence-corrected chi connectivity index (χ3v) is 10.4. The number of likely N-dealkylation sites (tertiary alicyclic amines) is 1. The monoisotopic (exact) mass is 679 g/mol. The molecule has 2 N–H and O–H groups in total. The molecule has 1 saturated heterocycles. The Labute approximate surface area is 263 Å². The zero-order valence-corrected chi connectivity index (χ0v) is 26.8. The summed E-state index contributed by atoms with van der Waals surface area (Å²) in [5.74, 6) is -3.44. The average molecular weight is 680 g/mol. The molecule has 1 amide bonds. The maximum atomic E-state index is 14.6. The van der Waals surface area contributed by atoms with Crippen LogP contribution in [0.4, 0.5) is 10.1 Å². The van der Waals surface area contributed by atoms with Crippen LogP contribution < -0.4 is 14.5 Å². The Hall–Kier alpha value is -3.95. The predicted octanol–water partition coefficient (Wildman–Crippen LogP) is 4.19. The van der Waals surface area contributed by atoms with E-state index in [1.807, 2.05) is 18.2 Å². The SMILES string of the molecule is CCOc1cc([C@@H](Nc2ccc3c([As])nccc3c2)C(=O)N2CCC(C(=O)O)C2c2ccccc2S(=O)(=O)CC)ccc1F. The summed E-state index contributed by atoms with van der Waals surface area (Å²) in [6.45, 7) is 3.53. The number of sulfone groups is 1. The van der Waals surface area contributed by atoms with Gasteiger partial charge in [-0.3, -0.25) is 4.79 Å². The molecule has 44 heavy (non-hydrogen) atoms. The van der Waals surface area contributed by atoms with Crippen molar-refractivity contribution in [2.75, 3.05) is 24.2 Å². The Morgan fingerprint density at radius 3 is 2.64 bits per heavy atom. The number of carboxylic acids is 1. The van der Waals surface area contributed by atoms with Gasteiger partial charge in [-0.05, 0) is 13.0 Å². The number of hydrogen-bond donors (Lipinski definition) is 2. The fraction of sp³-hybridized carbons (Fsp3) is 0.281. The van der Waals surface area contributed by atoms with Gasteiger partial charge in [-0.2, -0.15) is 0 Å². The minimum absolute atomic E-state index is 0.000263. The van der Waals surface area contributed by atoms with Crippen molar-refractivity contribution in [3.63, 3.8) is 0 Å². The zero-order chi connectivity index (χ0) is 31.6. The summed E-state index contributed by atoms with van der Waals surface area (Å²) in [6.07, 6.45) is 1.81. The summed E-state index contributed by atoms with van der Waals surface area (Å²) in [4.78, 5) is 32.8. The number of nitrogens with zero attached hydrogens (tertiary/aromatic N) is 2. The van der Waals surface area contributed by atoms with E-state index in [0.717, 1.165) is 15.3 Å². The van der Waals surface area contributed by atoms with Crippen LogP contribution in [-0.2, 0) is 19.4 Å². The quantitative estimate of drug-likeness (QED) is 0.239. The number of aliphatic carboxylic acids is 1. The molecule has 1 aromatic heterocycles. The molecule has 3 atom stereocenters. The topological polar surface area (TPSA) is 126 Å². The van der Waals surface area contributed by atoms with E-state index in [2.05, 4.69) is 27.2 Å². The van der Waals surface area contributed by atoms with Crippen molar-refractivity contribution in [2.24, 2.45) is 5.92 Å². The number of amides is 1. The van der Waals surface area contributed by atoms with Crippen LogP contribution in [0.1, 0.15) is 43.5 Å². The molecule has 4 aromatic rings. The minimum atomic E-state index is -3.74. The van der Waals surface area contributed by atoms with Gasteiger partial charge in [-0.25, -0.2) is 8.42 Å². The third-order valence-electron chi connectivity index (χ3n) is 7.84. The summed E-state index contributed by atoms with van der Waals surface area (Å²) in [5.41, 5.74) is 1.25. The first-order chi connectivity index (χ1) is 21.1. The number of aromatic nitrogens is 1.